The number of nitrogens with zero attached hydrogens (tertiary/aromatic N) is 2. The molecule has 4 heteroatoms. The largest absolute Gasteiger partial charge is 0.423 e. The van der Waals surface area contributed by atoms with E-state index in [9.17, 15) is 0 Å². The number of aromatic nitrogens is 1. The van der Waals surface area contributed by atoms with Crippen LogP contribution in [0.3, 0.4) is 0 Å². The number of hydrogen-bond donors (Lipinski definition) is 1. The minimum Gasteiger partial charge on any atom is -0.423 e. The van der Waals surface area contributed by atoms with Crippen LogP contribution in [0.25, 0.3) is 11.1 Å². The Morgan fingerprint density at radius 2 is 2.20 bits per heavy atom. The predicted molar refractivity (Wildman–Crippen MR) is 61.2 cm³/mol. The fourth-order valence-corrected chi connectivity index (χ4v) is 1.40. The molecule has 0 saturated heterocycles. The van der Waals surface area contributed by atoms with Gasteiger partial charge >= 0.3 is 0 Å². The maximum atomic E-state index is 5.61. The molecule has 0 aliphatic rings. The molecule has 0 bridgehead atoms. The molecule has 80 valence electrons. The van der Waals surface area contributed by atoms with Gasteiger partial charge < -0.3 is 14.6 Å². The van der Waals surface area contributed by atoms with E-state index in [1.165, 1.54) is 0 Å². The Bertz CT molecular complexity index is 405. The molecule has 0 spiro atoms. The van der Waals surface area contributed by atoms with Crippen LogP contribution in [-0.4, -0.2) is 32.2 Å². The second-order valence-electron chi connectivity index (χ2n) is 3.49. The molecular formula is C11H15N3O. The first-order valence-electron chi connectivity index (χ1n) is 5.02. The topological polar surface area (TPSA) is 41.3 Å². The van der Waals surface area contributed by atoms with Crippen molar-refractivity contribution in [3.05, 3.63) is 24.3 Å². The lowest BCUT2D eigenvalue weighted by Gasteiger charge is -2.13. The SMILES string of the molecule is CNCCN(C)c1nc2ccccc2o1. The lowest BCUT2D eigenvalue weighted by Crippen LogP contribution is -2.27. The number of hydrogen-bond acceptors (Lipinski definition) is 4. The predicted octanol–water partition coefficient (Wildman–Crippen LogP) is 1.48. The van der Waals surface area contributed by atoms with Gasteiger partial charge in [0.1, 0.15) is 5.52 Å². The van der Waals surface area contributed by atoms with Crippen LogP contribution in [0.4, 0.5) is 6.01 Å². The van der Waals surface area contributed by atoms with Gasteiger partial charge in [-0.05, 0) is 19.2 Å². The van der Waals surface area contributed by atoms with E-state index in [1.54, 1.807) is 0 Å². The van der Waals surface area contributed by atoms with Crippen molar-refractivity contribution >= 4 is 17.1 Å². The van der Waals surface area contributed by atoms with Crippen LogP contribution in [-0.2, 0) is 0 Å². The summed E-state index contributed by atoms with van der Waals surface area (Å²) in [5.41, 5.74) is 1.74. The third kappa shape index (κ3) is 2.10. The zero-order chi connectivity index (χ0) is 10.7. The Balaban J connectivity index is 2.20. The Labute approximate surface area is 88.9 Å². The molecule has 1 aromatic heterocycles. The van der Waals surface area contributed by atoms with Crippen LogP contribution in [0.1, 0.15) is 0 Å². The molecule has 2 rings (SSSR count). The van der Waals surface area contributed by atoms with Crippen LogP contribution in [0, 0.1) is 0 Å². The number of oxazole rings is 1. The molecule has 4 nitrogen and oxygen atoms in total. The quantitative estimate of drug-likeness (QED) is 0.821. The van der Waals surface area contributed by atoms with Gasteiger partial charge in [-0.25, -0.2) is 0 Å². The fourth-order valence-electron chi connectivity index (χ4n) is 1.40. The highest BCUT2D eigenvalue weighted by molar-refractivity contribution is 5.74. The van der Waals surface area contributed by atoms with Crippen molar-refractivity contribution in [3.63, 3.8) is 0 Å². The van der Waals surface area contributed by atoms with Crippen LogP contribution in [0.15, 0.2) is 28.7 Å². The summed E-state index contributed by atoms with van der Waals surface area (Å²) in [5, 5.41) is 3.09. The van der Waals surface area contributed by atoms with Crippen molar-refractivity contribution in [1.29, 1.82) is 0 Å². The summed E-state index contributed by atoms with van der Waals surface area (Å²) in [6, 6.07) is 8.46. The van der Waals surface area contributed by atoms with E-state index in [1.807, 2.05) is 43.3 Å². The second kappa shape index (κ2) is 4.31. The number of rotatable bonds is 4. The molecule has 2 aromatic rings. The highest BCUT2D eigenvalue weighted by atomic mass is 16.4. The minimum atomic E-state index is 0.673. The number of anilines is 1. The molecular weight excluding hydrogens is 190 g/mol. The molecule has 0 saturated carbocycles. The van der Waals surface area contributed by atoms with Crippen molar-refractivity contribution < 1.29 is 4.42 Å². The molecule has 1 aromatic carbocycles. The third-order valence-corrected chi connectivity index (χ3v) is 2.31. The first-order valence-corrected chi connectivity index (χ1v) is 5.02. The summed E-state index contributed by atoms with van der Waals surface area (Å²) in [4.78, 5) is 6.39. The van der Waals surface area contributed by atoms with Crippen molar-refractivity contribution in [2.45, 2.75) is 0 Å². The van der Waals surface area contributed by atoms with Crippen molar-refractivity contribution in [3.8, 4) is 0 Å². The molecule has 0 fully saturated rings. The third-order valence-electron chi connectivity index (χ3n) is 2.31. The molecule has 1 N–H and O–H groups in total. The van der Waals surface area contributed by atoms with E-state index in [-0.39, 0.29) is 0 Å². The molecule has 0 amide bonds. The van der Waals surface area contributed by atoms with Gasteiger partial charge in [-0.1, -0.05) is 12.1 Å². The van der Waals surface area contributed by atoms with E-state index in [4.69, 9.17) is 4.42 Å². The lowest BCUT2D eigenvalue weighted by atomic mass is 10.3. The van der Waals surface area contributed by atoms with E-state index in [0.717, 1.165) is 24.2 Å². The van der Waals surface area contributed by atoms with Crippen molar-refractivity contribution in [2.75, 3.05) is 32.1 Å². The van der Waals surface area contributed by atoms with Gasteiger partial charge in [-0.15, -0.1) is 0 Å². The number of para-hydroxylation sites is 2. The normalized spacial score (nSPS) is 10.8. The van der Waals surface area contributed by atoms with Crippen LogP contribution >= 0.6 is 0 Å². The molecule has 0 unspecified atom stereocenters. The smallest absolute Gasteiger partial charge is 0.298 e. The summed E-state index contributed by atoms with van der Waals surface area (Å²) in [5.74, 6) is 0. The number of fused-ring (bicyclic) bond motifs is 1. The van der Waals surface area contributed by atoms with E-state index in [2.05, 4.69) is 10.3 Å². The monoisotopic (exact) mass is 205 g/mol. The van der Waals surface area contributed by atoms with E-state index in [0.29, 0.717) is 6.01 Å². The maximum Gasteiger partial charge on any atom is 0.298 e. The summed E-state index contributed by atoms with van der Waals surface area (Å²) < 4.78 is 5.61. The zero-order valence-corrected chi connectivity index (χ0v) is 9.03. The summed E-state index contributed by atoms with van der Waals surface area (Å²) >= 11 is 0. The van der Waals surface area contributed by atoms with Gasteiger partial charge in [0.2, 0.25) is 0 Å². The highest BCUT2D eigenvalue weighted by Crippen LogP contribution is 2.20. The Kier molecular flexibility index (Phi) is 2.87. The van der Waals surface area contributed by atoms with Gasteiger partial charge in [0.25, 0.3) is 6.01 Å². The maximum absolute atomic E-state index is 5.61. The Hall–Kier alpha value is -1.55. The van der Waals surface area contributed by atoms with E-state index < -0.39 is 0 Å². The standard InChI is InChI=1S/C11H15N3O/c1-12-7-8-14(2)11-13-9-5-3-4-6-10(9)15-11/h3-6,12H,7-8H2,1-2H3. The highest BCUT2D eigenvalue weighted by Gasteiger charge is 2.08. The Morgan fingerprint density at radius 3 is 2.93 bits per heavy atom. The average Bonchev–Trinajstić information content (AvgIpc) is 2.69. The van der Waals surface area contributed by atoms with Crippen molar-refractivity contribution in [1.82, 2.24) is 10.3 Å². The summed E-state index contributed by atoms with van der Waals surface area (Å²) in [6.45, 7) is 1.79. The zero-order valence-electron chi connectivity index (χ0n) is 9.03. The minimum absolute atomic E-state index is 0.673. The van der Waals surface area contributed by atoms with E-state index >= 15 is 0 Å². The van der Waals surface area contributed by atoms with Crippen LogP contribution < -0.4 is 10.2 Å². The van der Waals surface area contributed by atoms with Gasteiger partial charge in [0.05, 0.1) is 0 Å². The second-order valence-corrected chi connectivity index (χ2v) is 3.49. The molecule has 0 radical (unpaired) electrons. The summed E-state index contributed by atoms with van der Waals surface area (Å²) in [7, 11) is 3.90. The number of nitrogens with one attached hydrogen (secondary N) is 1. The Morgan fingerprint density at radius 1 is 1.40 bits per heavy atom. The van der Waals surface area contributed by atoms with Crippen molar-refractivity contribution in [2.24, 2.45) is 0 Å². The molecule has 0 atom stereocenters. The number of likely N-dealkylation sites (N-methyl/N-ethyl adjacent to an activating group) is 2. The van der Waals surface area contributed by atoms with Gasteiger partial charge in [0.15, 0.2) is 5.58 Å². The number of benzene rings is 1. The van der Waals surface area contributed by atoms with Gasteiger partial charge in [0, 0.05) is 20.1 Å². The molecule has 15 heavy (non-hydrogen) atoms. The molecule has 0 aliphatic carbocycles. The first-order chi connectivity index (χ1) is 7.31. The molecule has 1 heterocycles. The van der Waals surface area contributed by atoms with Gasteiger partial charge in [-0.3, -0.25) is 0 Å². The summed E-state index contributed by atoms with van der Waals surface area (Å²) in [6.07, 6.45) is 0. The average molecular weight is 205 g/mol. The lowest BCUT2D eigenvalue weighted by molar-refractivity contribution is 0.579. The van der Waals surface area contributed by atoms with Crippen LogP contribution in [0.5, 0.6) is 0 Å². The molecule has 0 aliphatic heterocycles. The van der Waals surface area contributed by atoms with Crippen LogP contribution in [0.2, 0.25) is 0 Å². The van der Waals surface area contributed by atoms with Gasteiger partial charge in [-0.2, -0.15) is 4.98 Å². The first kappa shape index (κ1) is 9.98. The fraction of sp³-hybridized carbons (Fsp3) is 0.364.